The first kappa shape index (κ1) is 20.3. The third-order valence-electron chi connectivity index (χ3n) is 4.08. The number of ether oxygens (including phenoxy) is 2. The van der Waals surface area contributed by atoms with Crippen molar-refractivity contribution in [3.8, 4) is 11.5 Å². The average molecular weight is 337 g/mol. The van der Waals surface area contributed by atoms with Gasteiger partial charge in [-0.05, 0) is 37.6 Å². The zero-order chi connectivity index (χ0) is 18.1. The summed E-state index contributed by atoms with van der Waals surface area (Å²) >= 11 is 0. The molecule has 0 radical (unpaired) electrons. The highest BCUT2D eigenvalue weighted by Crippen LogP contribution is 2.25. The van der Waals surface area contributed by atoms with E-state index >= 15 is 0 Å². The van der Waals surface area contributed by atoms with Gasteiger partial charge in [-0.25, -0.2) is 4.79 Å². The lowest BCUT2D eigenvalue weighted by atomic mass is 10.0. The predicted molar refractivity (Wildman–Crippen MR) is 95.7 cm³/mol. The Bertz CT molecular complexity index is 512. The number of carbonyl (C=O) groups excluding carboxylic acids is 1. The molecule has 0 heterocycles. The highest BCUT2D eigenvalue weighted by atomic mass is 16.5. The van der Waals surface area contributed by atoms with Crippen molar-refractivity contribution in [2.75, 3.05) is 26.3 Å². The van der Waals surface area contributed by atoms with E-state index in [-0.39, 0.29) is 11.8 Å². The van der Waals surface area contributed by atoms with Gasteiger partial charge in [-0.2, -0.15) is 0 Å². The minimum absolute atomic E-state index is 0.0702. The molecule has 0 amide bonds. The largest absolute Gasteiger partial charge is 0.508 e. The summed E-state index contributed by atoms with van der Waals surface area (Å²) in [4.78, 5) is 14.8. The Hall–Kier alpha value is -1.75. The molecule has 0 aromatic heterocycles. The quantitative estimate of drug-likeness (QED) is 0.660. The van der Waals surface area contributed by atoms with Crippen LogP contribution in [0.1, 0.15) is 51.4 Å². The van der Waals surface area contributed by atoms with Crippen molar-refractivity contribution >= 4 is 5.97 Å². The molecule has 5 nitrogen and oxygen atoms in total. The smallest absolute Gasteiger partial charge is 0.341 e. The standard InChI is InChI=1S/C19H31NO4/c1-6-11-23-18-12-15(21)9-10-16(18)19(22)24-13-17(14(4)5)20(7-2)8-3/h9-10,12,14,17,21H,6-8,11,13H2,1-5H3/t17-/m1/s1. The Labute approximate surface area is 145 Å². The van der Waals surface area contributed by atoms with Crippen molar-refractivity contribution in [1.29, 1.82) is 0 Å². The molecule has 1 N–H and O–H groups in total. The maximum atomic E-state index is 12.5. The zero-order valence-electron chi connectivity index (χ0n) is 15.5. The number of benzene rings is 1. The van der Waals surface area contributed by atoms with Crippen molar-refractivity contribution in [2.45, 2.75) is 47.1 Å². The maximum absolute atomic E-state index is 12.5. The number of likely N-dealkylation sites (N-methyl/N-ethyl adjacent to an activating group) is 1. The summed E-state index contributed by atoms with van der Waals surface area (Å²) in [6.07, 6.45) is 0.821. The summed E-state index contributed by atoms with van der Waals surface area (Å²) in [7, 11) is 0. The molecule has 1 aromatic carbocycles. The third-order valence-corrected chi connectivity index (χ3v) is 4.08. The van der Waals surface area contributed by atoms with E-state index in [1.165, 1.54) is 12.1 Å². The minimum atomic E-state index is -0.418. The monoisotopic (exact) mass is 337 g/mol. The Morgan fingerprint density at radius 2 is 1.88 bits per heavy atom. The minimum Gasteiger partial charge on any atom is -0.508 e. The Morgan fingerprint density at radius 3 is 2.42 bits per heavy atom. The van der Waals surface area contributed by atoms with Gasteiger partial charge in [-0.15, -0.1) is 0 Å². The van der Waals surface area contributed by atoms with Crippen LogP contribution in [0.2, 0.25) is 0 Å². The number of phenols is 1. The van der Waals surface area contributed by atoms with E-state index in [4.69, 9.17) is 9.47 Å². The number of carbonyl (C=O) groups is 1. The number of nitrogens with zero attached hydrogens (tertiary/aromatic N) is 1. The van der Waals surface area contributed by atoms with Crippen LogP contribution in [-0.2, 0) is 4.74 Å². The van der Waals surface area contributed by atoms with Gasteiger partial charge >= 0.3 is 5.97 Å². The van der Waals surface area contributed by atoms with Crippen molar-refractivity contribution in [3.05, 3.63) is 23.8 Å². The first-order valence-corrected chi connectivity index (χ1v) is 8.81. The van der Waals surface area contributed by atoms with E-state index in [0.29, 0.717) is 30.4 Å². The number of phenolic OH excluding ortho intramolecular Hbond substituents is 1. The van der Waals surface area contributed by atoms with Gasteiger partial charge in [0.05, 0.1) is 6.61 Å². The molecule has 0 aliphatic heterocycles. The molecule has 136 valence electrons. The molecule has 5 heteroatoms. The molecular formula is C19H31NO4. The molecule has 1 aromatic rings. The highest BCUT2D eigenvalue weighted by Gasteiger charge is 2.23. The SMILES string of the molecule is CCCOc1cc(O)ccc1C(=O)OC[C@H](C(C)C)N(CC)CC. The van der Waals surface area contributed by atoms with Crippen LogP contribution in [0.15, 0.2) is 18.2 Å². The summed E-state index contributed by atoms with van der Waals surface area (Å²) in [5.41, 5.74) is 0.350. The van der Waals surface area contributed by atoms with Gasteiger partial charge in [0.2, 0.25) is 0 Å². The number of rotatable bonds is 10. The lowest BCUT2D eigenvalue weighted by molar-refractivity contribution is 0.0287. The van der Waals surface area contributed by atoms with Gasteiger partial charge in [0, 0.05) is 12.1 Å². The van der Waals surface area contributed by atoms with Crippen LogP contribution in [0.5, 0.6) is 11.5 Å². The van der Waals surface area contributed by atoms with E-state index in [1.54, 1.807) is 6.07 Å². The second kappa shape index (κ2) is 10.2. The highest BCUT2D eigenvalue weighted by molar-refractivity contribution is 5.92. The van der Waals surface area contributed by atoms with Crippen LogP contribution in [0.25, 0.3) is 0 Å². The molecule has 0 aliphatic rings. The summed E-state index contributed by atoms with van der Waals surface area (Å²) in [5.74, 6) is 0.402. The predicted octanol–water partition coefficient (Wildman–Crippen LogP) is 3.70. The lowest BCUT2D eigenvalue weighted by Crippen LogP contribution is -2.42. The lowest BCUT2D eigenvalue weighted by Gasteiger charge is -2.32. The van der Waals surface area contributed by atoms with Gasteiger partial charge in [0.25, 0.3) is 0 Å². The second-order valence-electron chi connectivity index (χ2n) is 6.16. The van der Waals surface area contributed by atoms with E-state index in [9.17, 15) is 9.90 Å². The van der Waals surface area contributed by atoms with Crippen molar-refractivity contribution in [3.63, 3.8) is 0 Å². The van der Waals surface area contributed by atoms with E-state index in [2.05, 4.69) is 32.6 Å². The van der Waals surface area contributed by atoms with Gasteiger partial charge < -0.3 is 14.6 Å². The Balaban J connectivity index is 2.83. The van der Waals surface area contributed by atoms with Crippen LogP contribution in [0.4, 0.5) is 0 Å². The molecule has 24 heavy (non-hydrogen) atoms. The van der Waals surface area contributed by atoms with Crippen LogP contribution < -0.4 is 4.74 Å². The topological polar surface area (TPSA) is 59.0 Å². The number of aromatic hydroxyl groups is 1. The first-order chi connectivity index (χ1) is 11.4. The first-order valence-electron chi connectivity index (χ1n) is 8.81. The fraction of sp³-hybridized carbons (Fsp3) is 0.632. The van der Waals surface area contributed by atoms with Crippen molar-refractivity contribution in [1.82, 2.24) is 4.90 Å². The van der Waals surface area contributed by atoms with E-state index < -0.39 is 5.97 Å². The van der Waals surface area contributed by atoms with Crippen molar-refractivity contribution in [2.24, 2.45) is 5.92 Å². The Morgan fingerprint density at radius 1 is 1.21 bits per heavy atom. The third kappa shape index (κ3) is 5.71. The molecule has 0 saturated carbocycles. The van der Waals surface area contributed by atoms with E-state index in [1.807, 2.05) is 6.92 Å². The summed E-state index contributed by atoms with van der Waals surface area (Å²) < 4.78 is 11.1. The summed E-state index contributed by atoms with van der Waals surface area (Å²) in [5, 5.41) is 9.61. The van der Waals surface area contributed by atoms with Gasteiger partial charge in [0.15, 0.2) is 0 Å². The molecule has 0 bridgehead atoms. The number of hydrogen-bond acceptors (Lipinski definition) is 5. The fourth-order valence-corrected chi connectivity index (χ4v) is 2.66. The molecular weight excluding hydrogens is 306 g/mol. The molecule has 1 rings (SSSR count). The van der Waals surface area contributed by atoms with Crippen LogP contribution >= 0.6 is 0 Å². The van der Waals surface area contributed by atoms with Crippen LogP contribution in [0, 0.1) is 5.92 Å². The molecule has 0 spiro atoms. The van der Waals surface area contributed by atoms with Gasteiger partial charge in [-0.1, -0.05) is 34.6 Å². The number of esters is 1. The van der Waals surface area contributed by atoms with Crippen LogP contribution in [0.3, 0.4) is 0 Å². The van der Waals surface area contributed by atoms with Crippen molar-refractivity contribution < 1.29 is 19.4 Å². The Kier molecular flexibility index (Phi) is 8.61. The molecule has 1 atom stereocenters. The van der Waals surface area contributed by atoms with Crippen LogP contribution in [-0.4, -0.2) is 48.3 Å². The second-order valence-corrected chi connectivity index (χ2v) is 6.16. The summed E-state index contributed by atoms with van der Waals surface area (Å²) in [6, 6.07) is 4.65. The number of hydrogen-bond donors (Lipinski definition) is 1. The average Bonchev–Trinajstić information content (AvgIpc) is 2.56. The maximum Gasteiger partial charge on any atom is 0.341 e. The molecule has 0 fully saturated rings. The zero-order valence-corrected chi connectivity index (χ0v) is 15.5. The fourth-order valence-electron chi connectivity index (χ4n) is 2.66. The molecule has 0 saturated heterocycles. The molecule has 0 unspecified atom stereocenters. The molecule has 0 aliphatic carbocycles. The summed E-state index contributed by atoms with van der Waals surface area (Å²) in [6.45, 7) is 13.1. The normalized spacial score (nSPS) is 12.5. The van der Waals surface area contributed by atoms with E-state index in [0.717, 1.165) is 19.5 Å². The van der Waals surface area contributed by atoms with Gasteiger partial charge in [0.1, 0.15) is 23.7 Å². The van der Waals surface area contributed by atoms with Gasteiger partial charge in [-0.3, -0.25) is 4.90 Å².